The average molecular weight is 452 g/mol. The Bertz CT molecular complexity index is 991. The standard InChI is InChI=1S/C21H26FN3O5S/c1-24-13-11-15(12-14-24)20(21(26)23-27)25(2)31(28,29)19-9-7-18(8-10-19)30-17-5-3-16(22)4-6-17/h3-10,15,20,27H,11-14H2,1-2H3,(H,23,26)/t20-/m1/s1. The molecule has 0 bridgehead atoms. The van der Waals surface area contributed by atoms with Crippen LogP contribution < -0.4 is 10.2 Å². The van der Waals surface area contributed by atoms with E-state index in [0.717, 1.165) is 17.4 Å². The number of hydrogen-bond acceptors (Lipinski definition) is 6. The van der Waals surface area contributed by atoms with E-state index in [9.17, 15) is 22.8 Å². The maximum atomic E-state index is 13.2. The van der Waals surface area contributed by atoms with E-state index in [-0.39, 0.29) is 16.6 Å². The molecule has 10 heteroatoms. The molecule has 2 aromatic carbocycles. The van der Waals surface area contributed by atoms with Crippen LogP contribution in [0.2, 0.25) is 0 Å². The number of rotatable bonds is 7. The minimum absolute atomic E-state index is 0.00914. The topological polar surface area (TPSA) is 99.2 Å². The monoisotopic (exact) mass is 451 g/mol. The van der Waals surface area contributed by atoms with Crippen LogP contribution in [0.4, 0.5) is 4.39 Å². The molecule has 2 aromatic rings. The van der Waals surface area contributed by atoms with Gasteiger partial charge in [0.15, 0.2) is 0 Å². The number of halogens is 1. The van der Waals surface area contributed by atoms with Crippen LogP contribution in [-0.2, 0) is 14.8 Å². The predicted molar refractivity (Wildman–Crippen MR) is 112 cm³/mol. The van der Waals surface area contributed by atoms with Crippen molar-refractivity contribution in [3.63, 3.8) is 0 Å². The number of carbonyl (C=O) groups is 1. The fourth-order valence-electron chi connectivity index (χ4n) is 3.72. The molecule has 0 unspecified atom stereocenters. The van der Waals surface area contributed by atoms with Crippen LogP contribution in [0.1, 0.15) is 12.8 Å². The molecule has 0 aromatic heterocycles. The van der Waals surface area contributed by atoms with Crippen molar-refractivity contribution in [2.75, 3.05) is 27.2 Å². The van der Waals surface area contributed by atoms with Gasteiger partial charge in [-0.3, -0.25) is 10.0 Å². The average Bonchev–Trinajstić information content (AvgIpc) is 2.77. The minimum Gasteiger partial charge on any atom is -0.457 e. The number of carbonyl (C=O) groups excluding carboxylic acids is 1. The van der Waals surface area contributed by atoms with E-state index in [0.29, 0.717) is 24.3 Å². The summed E-state index contributed by atoms with van der Waals surface area (Å²) in [5.41, 5.74) is 1.61. The Hall–Kier alpha value is -2.53. The number of likely N-dealkylation sites (tertiary alicyclic amines) is 1. The van der Waals surface area contributed by atoms with Crippen LogP contribution in [0.3, 0.4) is 0 Å². The zero-order valence-electron chi connectivity index (χ0n) is 17.4. The summed E-state index contributed by atoms with van der Waals surface area (Å²) in [6.07, 6.45) is 1.28. The quantitative estimate of drug-likeness (QED) is 0.496. The third-order valence-electron chi connectivity index (χ3n) is 5.53. The lowest BCUT2D eigenvalue weighted by Crippen LogP contribution is -2.53. The van der Waals surface area contributed by atoms with Gasteiger partial charge in [-0.15, -0.1) is 0 Å². The lowest BCUT2D eigenvalue weighted by Gasteiger charge is -2.36. The lowest BCUT2D eigenvalue weighted by molar-refractivity contribution is -0.135. The second-order valence-electron chi connectivity index (χ2n) is 7.61. The molecule has 1 fully saturated rings. The minimum atomic E-state index is -4.01. The van der Waals surface area contributed by atoms with Crippen molar-refractivity contribution in [3.05, 3.63) is 54.3 Å². The van der Waals surface area contributed by atoms with E-state index in [1.165, 1.54) is 55.6 Å². The molecular weight excluding hydrogens is 425 g/mol. The molecule has 1 amide bonds. The summed E-state index contributed by atoms with van der Waals surface area (Å²) >= 11 is 0. The lowest BCUT2D eigenvalue weighted by atomic mass is 9.89. The second-order valence-corrected chi connectivity index (χ2v) is 9.61. The zero-order chi connectivity index (χ0) is 22.6. The molecule has 8 nitrogen and oxygen atoms in total. The summed E-state index contributed by atoms with van der Waals surface area (Å²) in [4.78, 5) is 14.5. The molecule has 1 atom stereocenters. The number of hydrogen-bond donors (Lipinski definition) is 2. The summed E-state index contributed by atoms with van der Waals surface area (Å²) in [6, 6.07) is 10.2. The van der Waals surface area contributed by atoms with Crippen LogP contribution in [0.5, 0.6) is 11.5 Å². The van der Waals surface area contributed by atoms with Crippen molar-refractivity contribution in [3.8, 4) is 11.5 Å². The van der Waals surface area contributed by atoms with Crippen LogP contribution in [0.15, 0.2) is 53.4 Å². The van der Waals surface area contributed by atoms with E-state index in [1.807, 2.05) is 7.05 Å². The Labute approximate surface area is 181 Å². The van der Waals surface area contributed by atoms with Gasteiger partial charge in [0.05, 0.1) is 4.90 Å². The van der Waals surface area contributed by atoms with Crippen molar-refractivity contribution >= 4 is 15.9 Å². The van der Waals surface area contributed by atoms with Gasteiger partial charge in [0, 0.05) is 7.05 Å². The molecule has 31 heavy (non-hydrogen) atoms. The molecule has 0 spiro atoms. The number of likely N-dealkylation sites (N-methyl/N-ethyl adjacent to an activating group) is 1. The Morgan fingerprint density at radius 3 is 2.16 bits per heavy atom. The van der Waals surface area contributed by atoms with Gasteiger partial charge in [-0.2, -0.15) is 4.31 Å². The Kier molecular flexibility index (Phi) is 7.26. The van der Waals surface area contributed by atoms with Crippen LogP contribution in [0.25, 0.3) is 0 Å². The summed E-state index contributed by atoms with van der Waals surface area (Å²) in [6.45, 7) is 1.48. The predicted octanol–water partition coefficient (Wildman–Crippen LogP) is 2.45. The normalized spacial score (nSPS) is 16.8. The molecule has 1 saturated heterocycles. The molecule has 0 radical (unpaired) electrons. The number of nitrogens with zero attached hydrogens (tertiary/aromatic N) is 2. The molecule has 0 aliphatic carbocycles. The van der Waals surface area contributed by atoms with Gasteiger partial charge >= 0.3 is 0 Å². The molecular formula is C21H26FN3O5S. The highest BCUT2D eigenvalue weighted by Crippen LogP contribution is 2.29. The SMILES string of the molecule is CN1CCC([C@H](C(=O)NO)N(C)S(=O)(=O)c2ccc(Oc3ccc(F)cc3)cc2)CC1. The van der Waals surface area contributed by atoms with E-state index in [1.54, 1.807) is 5.48 Å². The highest BCUT2D eigenvalue weighted by molar-refractivity contribution is 7.89. The number of piperidine rings is 1. The first-order chi connectivity index (χ1) is 14.7. The Morgan fingerprint density at radius 1 is 1.13 bits per heavy atom. The first kappa shape index (κ1) is 23.1. The van der Waals surface area contributed by atoms with Crippen molar-refractivity contribution < 1.29 is 27.5 Å². The van der Waals surface area contributed by atoms with E-state index in [2.05, 4.69) is 4.90 Å². The van der Waals surface area contributed by atoms with Crippen molar-refractivity contribution in [1.29, 1.82) is 0 Å². The molecule has 168 valence electrons. The maximum absolute atomic E-state index is 13.2. The van der Waals surface area contributed by atoms with Gasteiger partial charge in [-0.25, -0.2) is 18.3 Å². The van der Waals surface area contributed by atoms with Gasteiger partial charge in [-0.05, 0) is 87.4 Å². The van der Waals surface area contributed by atoms with Crippen molar-refractivity contribution in [2.24, 2.45) is 5.92 Å². The molecule has 2 N–H and O–H groups in total. The van der Waals surface area contributed by atoms with E-state index >= 15 is 0 Å². The highest BCUT2D eigenvalue weighted by Gasteiger charge is 2.39. The number of hydroxylamine groups is 1. The van der Waals surface area contributed by atoms with Gasteiger partial charge in [0.25, 0.3) is 5.91 Å². The van der Waals surface area contributed by atoms with Crippen LogP contribution in [0, 0.1) is 11.7 Å². The summed E-state index contributed by atoms with van der Waals surface area (Å²) < 4.78 is 46.0. The van der Waals surface area contributed by atoms with Gasteiger partial charge in [0.1, 0.15) is 23.4 Å². The first-order valence-corrected chi connectivity index (χ1v) is 11.3. The van der Waals surface area contributed by atoms with Gasteiger partial charge < -0.3 is 9.64 Å². The molecule has 3 rings (SSSR count). The maximum Gasteiger partial charge on any atom is 0.262 e. The highest BCUT2D eigenvalue weighted by atomic mass is 32.2. The van der Waals surface area contributed by atoms with E-state index < -0.39 is 22.0 Å². The molecule has 1 aliphatic heterocycles. The molecule has 1 aliphatic rings. The second kappa shape index (κ2) is 9.73. The smallest absolute Gasteiger partial charge is 0.262 e. The number of benzene rings is 2. The number of amides is 1. The summed E-state index contributed by atoms with van der Waals surface area (Å²) in [5, 5.41) is 9.20. The third kappa shape index (κ3) is 5.40. The van der Waals surface area contributed by atoms with Gasteiger partial charge in [0.2, 0.25) is 10.0 Å². The number of nitrogens with one attached hydrogen (secondary N) is 1. The van der Waals surface area contributed by atoms with Crippen LogP contribution >= 0.6 is 0 Å². The third-order valence-corrected chi connectivity index (χ3v) is 7.38. The number of ether oxygens (including phenoxy) is 1. The number of sulfonamides is 1. The first-order valence-electron chi connectivity index (χ1n) is 9.86. The zero-order valence-corrected chi connectivity index (χ0v) is 18.2. The fourth-order valence-corrected chi connectivity index (χ4v) is 5.10. The largest absolute Gasteiger partial charge is 0.457 e. The Morgan fingerprint density at radius 2 is 1.65 bits per heavy atom. The summed E-state index contributed by atoms with van der Waals surface area (Å²) in [5.74, 6) is -0.562. The van der Waals surface area contributed by atoms with Gasteiger partial charge in [-0.1, -0.05) is 0 Å². The Balaban J connectivity index is 1.79. The fraction of sp³-hybridized carbons (Fsp3) is 0.381. The molecule has 0 saturated carbocycles. The summed E-state index contributed by atoms with van der Waals surface area (Å²) in [7, 11) is -0.699. The van der Waals surface area contributed by atoms with Crippen LogP contribution in [-0.4, -0.2) is 62.0 Å². The van der Waals surface area contributed by atoms with E-state index in [4.69, 9.17) is 4.74 Å². The van der Waals surface area contributed by atoms with Crippen molar-refractivity contribution in [1.82, 2.24) is 14.7 Å². The van der Waals surface area contributed by atoms with Crippen molar-refractivity contribution in [2.45, 2.75) is 23.8 Å². The molecule has 1 heterocycles.